The fourth-order valence-corrected chi connectivity index (χ4v) is 2.07. The lowest BCUT2D eigenvalue weighted by atomic mass is 9.94. The minimum atomic E-state index is -0.127. The lowest BCUT2D eigenvalue weighted by Crippen LogP contribution is -2.54. The first-order valence-electron chi connectivity index (χ1n) is 4.88. The second kappa shape index (κ2) is 3.35. The Morgan fingerprint density at radius 1 is 1.33 bits per heavy atom. The van der Waals surface area contributed by atoms with Crippen molar-refractivity contribution in [1.29, 1.82) is 0 Å². The van der Waals surface area contributed by atoms with Crippen LogP contribution < -0.4 is 0 Å². The van der Waals surface area contributed by atoms with Gasteiger partial charge in [0.05, 0.1) is 6.10 Å². The van der Waals surface area contributed by atoms with E-state index < -0.39 is 0 Å². The molecule has 2 heteroatoms. The van der Waals surface area contributed by atoms with Gasteiger partial charge in [-0.2, -0.15) is 0 Å². The maximum absolute atomic E-state index is 9.67. The highest BCUT2D eigenvalue weighted by atomic mass is 16.3. The van der Waals surface area contributed by atoms with Crippen molar-refractivity contribution in [2.45, 2.75) is 58.2 Å². The Labute approximate surface area is 75.6 Å². The SMILES string of the molecule is C[C@@H]1[C@@H](O)CCCN1C(C)(C)C. The average Bonchev–Trinajstić information content (AvgIpc) is 1.92. The third-order valence-electron chi connectivity index (χ3n) is 2.81. The number of aliphatic hydroxyl groups is 1. The van der Waals surface area contributed by atoms with Gasteiger partial charge in [-0.05, 0) is 47.1 Å². The quantitative estimate of drug-likeness (QED) is 0.599. The van der Waals surface area contributed by atoms with Crippen LogP contribution >= 0.6 is 0 Å². The van der Waals surface area contributed by atoms with E-state index in [1.54, 1.807) is 0 Å². The summed E-state index contributed by atoms with van der Waals surface area (Å²) in [4.78, 5) is 2.39. The van der Waals surface area contributed by atoms with E-state index in [1.807, 2.05) is 0 Å². The highest BCUT2D eigenvalue weighted by Gasteiger charge is 2.32. The summed E-state index contributed by atoms with van der Waals surface area (Å²) in [7, 11) is 0. The Hall–Kier alpha value is -0.0800. The smallest absolute Gasteiger partial charge is 0.0693 e. The molecule has 1 heterocycles. The van der Waals surface area contributed by atoms with Crippen LogP contribution in [0.1, 0.15) is 40.5 Å². The predicted molar refractivity (Wildman–Crippen MR) is 51.2 cm³/mol. The van der Waals surface area contributed by atoms with Crippen molar-refractivity contribution in [1.82, 2.24) is 4.90 Å². The molecular weight excluding hydrogens is 150 g/mol. The number of nitrogens with zero attached hydrogens (tertiary/aromatic N) is 1. The van der Waals surface area contributed by atoms with Gasteiger partial charge in [-0.25, -0.2) is 0 Å². The van der Waals surface area contributed by atoms with Gasteiger partial charge in [0.25, 0.3) is 0 Å². The van der Waals surface area contributed by atoms with Crippen molar-refractivity contribution in [3.63, 3.8) is 0 Å². The molecule has 2 nitrogen and oxygen atoms in total. The van der Waals surface area contributed by atoms with Crippen LogP contribution in [0.4, 0.5) is 0 Å². The number of hydrogen-bond donors (Lipinski definition) is 1. The summed E-state index contributed by atoms with van der Waals surface area (Å²) in [6.45, 7) is 9.88. The first kappa shape index (κ1) is 10.0. The lowest BCUT2D eigenvalue weighted by molar-refractivity contribution is -0.0260. The zero-order valence-electron chi connectivity index (χ0n) is 8.67. The van der Waals surface area contributed by atoms with Gasteiger partial charge in [0, 0.05) is 11.6 Å². The standard InChI is InChI=1S/C10H21NO/c1-8-9(12)6-5-7-11(8)10(2,3)4/h8-9,12H,5-7H2,1-4H3/t8-,9+/m1/s1. The number of rotatable bonds is 0. The Kier molecular flexibility index (Phi) is 2.79. The van der Waals surface area contributed by atoms with Gasteiger partial charge in [0.15, 0.2) is 0 Å². The Balaban J connectivity index is 2.64. The van der Waals surface area contributed by atoms with Crippen LogP contribution in [0.25, 0.3) is 0 Å². The maximum atomic E-state index is 9.67. The van der Waals surface area contributed by atoms with Crippen LogP contribution in [0, 0.1) is 0 Å². The molecule has 72 valence electrons. The third kappa shape index (κ3) is 1.99. The van der Waals surface area contributed by atoms with E-state index in [9.17, 15) is 5.11 Å². The van der Waals surface area contributed by atoms with E-state index in [4.69, 9.17) is 0 Å². The van der Waals surface area contributed by atoms with Crippen LogP contribution in [-0.2, 0) is 0 Å². The molecule has 0 aromatic rings. The molecule has 12 heavy (non-hydrogen) atoms. The highest BCUT2D eigenvalue weighted by Crippen LogP contribution is 2.25. The molecule has 0 saturated carbocycles. The van der Waals surface area contributed by atoms with E-state index in [1.165, 1.54) is 0 Å². The monoisotopic (exact) mass is 171 g/mol. The predicted octanol–water partition coefficient (Wildman–Crippen LogP) is 1.63. The van der Waals surface area contributed by atoms with E-state index >= 15 is 0 Å². The summed E-state index contributed by atoms with van der Waals surface area (Å²) in [6, 6.07) is 0.318. The number of aliphatic hydroxyl groups excluding tert-OH is 1. The molecule has 0 aromatic heterocycles. The van der Waals surface area contributed by atoms with Crippen molar-refractivity contribution < 1.29 is 5.11 Å². The normalized spacial score (nSPS) is 33.8. The summed E-state index contributed by atoms with van der Waals surface area (Å²) in [6.07, 6.45) is 1.97. The molecule has 1 rings (SSSR count). The molecular formula is C10H21NO. The minimum absolute atomic E-state index is 0.127. The van der Waals surface area contributed by atoms with Gasteiger partial charge >= 0.3 is 0 Å². The number of likely N-dealkylation sites (tertiary alicyclic amines) is 1. The Morgan fingerprint density at radius 3 is 2.33 bits per heavy atom. The summed E-state index contributed by atoms with van der Waals surface area (Å²) in [5.74, 6) is 0. The van der Waals surface area contributed by atoms with Crippen LogP contribution in [0.2, 0.25) is 0 Å². The van der Waals surface area contributed by atoms with Gasteiger partial charge in [-0.3, -0.25) is 4.90 Å². The van der Waals surface area contributed by atoms with Crippen molar-refractivity contribution in [3.8, 4) is 0 Å². The molecule has 0 unspecified atom stereocenters. The van der Waals surface area contributed by atoms with E-state index in [0.717, 1.165) is 19.4 Å². The van der Waals surface area contributed by atoms with Gasteiger partial charge < -0.3 is 5.11 Å². The molecule has 1 N–H and O–H groups in total. The van der Waals surface area contributed by atoms with E-state index in [0.29, 0.717) is 6.04 Å². The van der Waals surface area contributed by atoms with Gasteiger partial charge in [-0.15, -0.1) is 0 Å². The summed E-state index contributed by atoms with van der Waals surface area (Å²) in [5.41, 5.74) is 0.195. The zero-order valence-corrected chi connectivity index (χ0v) is 8.67. The highest BCUT2D eigenvalue weighted by molar-refractivity contribution is 4.88. The first-order valence-corrected chi connectivity index (χ1v) is 4.88. The molecule has 1 aliphatic rings. The van der Waals surface area contributed by atoms with Crippen LogP contribution in [0.5, 0.6) is 0 Å². The zero-order chi connectivity index (χ0) is 9.35. The van der Waals surface area contributed by atoms with Crippen molar-refractivity contribution in [2.75, 3.05) is 6.54 Å². The number of hydrogen-bond acceptors (Lipinski definition) is 2. The molecule has 2 atom stereocenters. The van der Waals surface area contributed by atoms with Gasteiger partial charge in [0.1, 0.15) is 0 Å². The third-order valence-corrected chi connectivity index (χ3v) is 2.81. The van der Waals surface area contributed by atoms with Crippen molar-refractivity contribution >= 4 is 0 Å². The van der Waals surface area contributed by atoms with Crippen LogP contribution in [-0.4, -0.2) is 34.2 Å². The lowest BCUT2D eigenvalue weighted by Gasteiger charge is -2.45. The molecule has 0 amide bonds. The molecule has 1 saturated heterocycles. The van der Waals surface area contributed by atoms with Gasteiger partial charge in [-0.1, -0.05) is 0 Å². The summed E-state index contributed by atoms with van der Waals surface area (Å²) in [5, 5.41) is 9.67. The average molecular weight is 171 g/mol. The van der Waals surface area contributed by atoms with Crippen molar-refractivity contribution in [2.24, 2.45) is 0 Å². The summed E-state index contributed by atoms with van der Waals surface area (Å²) >= 11 is 0. The second-order valence-corrected chi connectivity index (χ2v) is 4.81. The molecule has 0 aromatic carbocycles. The number of piperidine rings is 1. The molecule has 0 radical (unpaired) electrons. The minimum Gasteiger partial charge on any atom is -0.392 e. The second-order valence-electron chi connectivity index (χ2n) is 4.81. The van der Waals surface area contributed by atoms with E-state index in [-0.39, 0.29) is 11.6 Å². The Bertz CT molecular complexity index is 150. The fraction of sp³-hybridized carbons (Fsp3) is 1.00. The maximum Gasteiger partial charge on any atom is 0.0693 e. The first-order chi connectivity index (χ1) is 5.43. The van der Waals surface area contributed by atoms with Crippen LogP contribution in [0.15, 0.2) is 0 Å². The topological polar surface area (TPSA) is 23.5 Å². The molecule has 1 aliphatic heterocycles. The van der Waals surface area contributed by atoms with E-state index in [2.05, 4.69) is 32.6 Å². The Morgan fingerprint density at radius 2 is 1.92 bits per heavy atom. The van der Waals surface area contributed by atoms with Crippen molar-refractivity contribution in [3.05, 3.63) is 0 Å². The molecule has 0 spiro atoms. The molecule has 1 fully saturated rings. The van der Waals surface area contributed by atoms with Crippen LogP contribution in [0.3, 0.4) is 0 Å². The summed E-state index contributed by atoms with van der Waals surface area (Å²) < 4.78 is 0. The largest absolute Gasteiger partial charge is 0.392 e. The fourth-order valence-electron chi connectivity index (χ4n) is 2.07. The molecule has 0 aliphatic carbocycles. The molecule has 0 bridgehead atoms. The van der Waals surface area contributed by atoms with Gasteiger partial charge in [0.2, 0.25) is 0 Å².